The molecule has 114 valence electrons. The minimum absolute atomic E-state index is 0.0198. The molecule has 1 aromatic heterocycles. The summed E-state index contributed by atoms with van der Waals surface area (Å²) in [5.74, 6) is -1.49. The van der Waals surface area contributed by atoms with Crippen LogP contribution in [0.5, 0.6) is 0 Å². The molecule has 22 heavy (non-hydrogen) atoms. The van der Waals surface area contributed by atoms with Gasteiger partial charge in [-0.2, -0.15) is 0 Å². The molecular weight excluding hydrogens is 330 g/mol. The molecule has 4 rings (SSSR count). The van der Waals surface area contributed by atoms with Gasteiger partial charge in [-0.3, -0.25) is 9.69 Å². The first-order valence-electron chi connectivity index (χ1n) is 6.32. The molecule has 1 fully saturated rings. The molecule has 3 aliphatic rings. The number of imidazole rings is 1. The van der Waals surface area contributed by atoms with Gasteiger partial charge in [0.1, 0.15) is 11.1 Å². The molecule has 1 atom stereocenters. The Bertz CT molecular complexity index is 896. The van der Waals surface area contributed by atoms with Gasteiger partial charge in [-0.15, -0.1) is 11.8 Å². The second-order valence-corrected chi connectivity index (χ2v) is 7.99. The number of aliphatic carboxylic acids is 1. The number of fused-ring (bicyclic) bond motifs is 2. The van der Waals surface area contributed by atoms with Crippen LogP contribution in [0.4, 0.5) is 0 Å². The Kier molecular flexibility index (Phi) is 2.61. The minimum atomic E-state index is -3.33. The molecule has 3 aliphatic heterocycles. The number of carboxylic acid groups (broad SMARTS) is 1. The molecule has 1 aromatic rings. The van der Waals surface area contributed by atoms with Crippen LogP contribution in [0.2, 0.25) is 0 Å². The van der Waals surface area contributed by atoms with Crippen LogP contribution in [0.3, 0.4) is 0 Å². The third-order valence-corrected chi connectivity index (χ3v) is 6.38. The van der Waals surface area contributed by atoms with Crippen LogP contribution in [0, 0.1) is 0 Å². The van der Waals surface area contributed by atoms with Gasteiger partial charge in [0.15, 0.2) is 0 Å². The van der Waals surface area contributed by atoms with Gasteiger partial charge < -0.3 is 9.67 Å². The van der Waals surface area contributed by atoms with Crippen molar-refractivity contribution in [1.29, 1.82) is 0 Å². The molecule has 0 saturated carbocycles. The van der Waals surface area contributed by atoms with Crippen molar-refractivity contribution in [1.82, 2.24) is 14.5 Å². The van der Waals surface area contributed by atoms with Crippen molar-refractivity contribution in [3.63, 3.8) is 0 Å². The SMILES string of the molecule is O=C(O)C1=CS[C@@H]2C(=Cc3cn4c(n3)S(=O)(=O)CC4)C(=O)N12. The van der Waals surface area contributed by atoms with E-state index in [1.165, 1.54) is 28.1 Å². The summed E-state index contributed by atoms with van der Waals surface area (Å²) in [4.78, 5) is 28.3. The second-order valence-electron chi connectivity index (χ2n) is 5.03. The van der Waals surface area contributed by atoms with Gasteiger partial charge >= 0.3 is 5.97 Å². The van der Waals surface area contributed by atoms with E-state index in [1.807, 2.05) is 0 Å². The number of hydrogen-bond acceptors (Lipinski definition) is 6. The topological polar surface area (TPSA) is 110 Å². The Labute approximate surface area is 129 Å². The van der Waals surface area contributed by atoms with Crippen molar-refractivity contribution < 1.29 is 23.1 Å². The lowest BCUT2D eigenvalue weighted by molar-refractivity contribution is -0.141. The van der Waals surface area contributed by atoms with Crippen LogP contribution < -0.4 is 0 Å². The summed E-state index contributed by atoms with van der Waals surface area (Å²) in [6.45, 7) is 0.358. The molecule has 0 unspecified atom stereocenters. The average Bonchev–Trinajstić information content (AvgIpc) is 3.10. The lowest BCUT2D eigenvalue weighted by Crippen LogP contribution is -2.51. The Hall–Kier alpha value is -2.07. The van der Waals surface area contributed by atoms with Crippen molar-refractivity contribution >= 4 is 39.6 Å². The predicted octanol–water partition coefficient (Wildman–Crippen LogP) is -0.105. The predicted molar refractivity (Wildman–Crippen MR) is 76.2 cm³/mol. The lowest BCUT2D eigenvalue weighted by Gasteiger charge is -2.36. The number of aryl methyl sites for hydroxylation is 1. The Balaban J connectivity index is 1.65. The van der Waals surface area contributed by atoms with Gasteiger partial charge in [0.2, 0.25) is 15.0 Å². The molecule has 0 radical (unpaired) electrons. The van der Waals surface area contributed by atoms with Gasteiger partial charge in [0, 0.05) is 18.1 Å². The summed E-state index contributed by atoms with van der Waals surface area (Å²) in [7, 11) is -3.33. The van der Waals surface area contributed by atoms with Gasteiger partial charge in [-0.1, -0.05) is 0 Å². The molecule has 1 N–H and O–H groups in total. The summed E-state index contributed by atoms with van der Waals surface area (Å²) < 4.78 is 25.0. The summed E-state index contributed by atoms with van der Waals surface area (Å²) in [5.41, 5.74) is 0.782. The zero-order valence-corrected chi connectivity index (χ0v) is 12.6. The van der Waals surface area contributed by atoms with Crippen LogP contribution in [-0.2, 0) is 26.0 Å². The van der Waals surface area contributed by atoms with Crippen LogP contribution >= 0.6 is 11.8 Å². The standard InChI is InChI=1S/C12H9N3O5S2/c16-9-7(10-15(9)8(5-21-10)11(17)18)3-6-4-14-1-2-22(19,20)12(14)13-6/h3-5,10H,1-2H2,(H,17,18)/t10-/m1/s1. The third-order valence-electron chi connectivity index (χ3n) is 3.69. The van der Waals surface area contributed by atoms with E-state index in [0.717, 1.165) is 0 Å². The fourth-order valence-corrected chi connectivity index (χ4v) is 5.12. The van der Waals surface area contributed by atoms with Crippen LogP contribution in [0.15, 0.2) is 28.0 Å². The molecule has 8 nitrogen and oxygen atoms in total. The van der Waals surface area contributed by atoms with E-state index in [9.17, 15) is 18.0 Å². The number of carbonyl (C=O) groups excluding carboxylic acids is 1. The smallest absolute Gasteiger partial charge is 0.353 e. The minimum Gasteiger partial charge on any atom is -0.477 e. The highest BCUT2D eigenvalue weighted by molar-refractivity contribution is 8.03. The van der Waals surface area contributed by atoms with E-state index in [2.05, 4.69) is 4.98 Å². The number of thioether (sulfide) groups is 1. The van der Waals surface area contributed by atoms with E-state index in [1.54, 1.807) is 10.8 Å². The summed E-state index contributed by atoms with van der Waals surface area (Å²) in [5, 5.41) is 10.1. The fourth-order valence-electron chi connectivity index (χ4n) is 2.63. The van der Waals surface area contributed by atoms with Gasteiger partial charge in [0.25, 0.3) is 5.91 Å². The third kappa shape index (κ3) is 1.70. The maximum Gasteiger partial charge on any atom is 0.353 e. The number of nitrogens with zero attached hydrogens (tertiary/aromatic N) is 3. The largest absolute Gasteiger partial charge is 0.477 e. The first-order valence-corrected chi connectivity index (χ1v) is 8.92. The fraction of sp³-hybridized carbons (Fsp3) is 0.250. The molecular formula is C12H9N3O5S2. The van der Waals surface area contributed by atoms with Crippen molar-refractivity contribution in [3.8, 4) is 0 Å². The number of amides is 1. The Morgan fingerprint density at radius 1 is 1.50 bits per heavy atom. The number of carbonyl (C=O) groups is 2. The van der Waals surface area contributed by atoms with Gasteiger partial charge in [0.05, 0.1) is 17.0 Å². The molecule has 1 amide bonds. The van der Waals surface area contributed by atoms with Crippen LogP contribution in [0.1, 0.15) is 5.69 Å². The molecule has 0 aliphatic carbocycles. The first kappa shape index (κ1) is 13.6. The summed E-state index contributed by atoms with van der Waals surface area (Å²) in [6, 6.07) is 0. The average molecular weight is 339 g/mol. The Morgan fingerprint density at radius 3 is 2.95 bits per heavy atom. The molecule has 0 bridgehead atoms. The molecule has 0 spiro atoms. The second kappa shape index (κ2) is 4.23. The number of aromatic nitrogens is 2. The summed E-state index contributed by atoms with van der Waals surface area (Å²) >= 11 is 1.23. The number of rotatable bonds is 2. The van der Waals surface area contributed by atoms with Crippen molar-refractivity contribution in [3.05, 3.63) is 28.6 Å². The molecule has 0 aromatic carbocycles. The highest BCUT2D eigenvalue weighted by atomic mass is 32.2. The van der Waals surface area contributed by atoms with Crippen molar-refractivity contribution in [2.45, 2.75) is 17.1 Å². The number of sulfone groups is 1. The maximum atomic E-state index is 12.1. The van der Waals surface area contributed by atoms with E-state index in [-0.39, 0.29) is 27.9 Å². The first-order chi connectivity index (χ1) is 10.4. The highest BCUT2D eigenvalue weighted by Gasteiger charge is 2.49. The van der Waals surface area contributed by atoms with E-state index >= 15 is 0 Å². The summed E-state index contributed by atoms with van der Waals surface area (Å²) in [6.07, 6.45) is 3.12. The molecule has 10 heteroatoms. The molecule has 4 heterocycles. The van der Waals surface area contributed by atoms with E-state index in [0.29, 0.717) is 17.8 Å². The zero-order valence-electron chi connectivity index (χ0n) is 11.0. The highest BCUT2D eigenvalue weighted by Crippen LogP contribution is 2.45. The Morgan fingerprint density at radius 2 is 2.27 bits per heavy atom. The van der Waals surface area contributed by atoms with E-state index < -0.39 is 15.8 Å². The normalized spacial score (nSPS) is 26.6. The van der Waals surface area contributed by atoms with E-state index in [4.69, 9.17) is 5.11 Å². The van der Waals surface area contributed by atoms with Crippen LogP contribution in [-0.4, -0.2) is 51.0 Å². The quantitative estimate of drug-likeness (QED) is 0.591. The zero-order chi connectivity index (χ0) is 15.6. The number of carboxylic acids is 1. The lowest BCUT2D eigenvalue weighted by atomic mass is 10.0. The van der Waals surface area contributed by atoms with Crippen LogP contribution in [0.25, 0.3) is 6.08 Å². The monoisotopic (exact) mass is 339 g/mol. The van der Waals surface area contributed by atoms with Gasteiger partial charge in [-0.25, -0.2) is 18.2 Å². The molecule has 1 saturated heterocycles. The van der Waals surface area contributed by atoms with Crippen molar-refractivity contribution in [2.75, 3.05) is 5.75 Å². The van der Waals surface area contributed by atoms with Crippen molar-refractivity contribution in [2.24, 2.45) is 0 Å². The number of β-lactam (4-membered cyclic amide) rings is 1. The number of hydrogen-bond donors (Lipinski definition) is 1. The van der Waals surface area contributed by atoms with Gasteiger partial charge in [-0.05, 0) is 6.08 Å². The maximum absolute atomic E-state index is 12.1.